The van der Waals surface area contributed by atoms with Crippen molar-refractivity contribution in [2.75, 3.05) is 7.05 Å². The van der Waals surface area contributed by atoms with E-state index in [9.17, 15) is 9.59 Å². The number of likely N-dealkylation sites (N-methyl/N-ethyl adjacent to an activating group) is 1. The van der Waals surface area contributed by atoms with Crippen LogP contribution in [0.5, 0.6) is 0 Å². The molecular formula is C10H10ClN3O2. The first-order chi connectivity index (χ1) is 7.63. The van der Waals surface area contributed by atoms with E-state index >= 15 is 0 Å². The van der Waals surface area contributed by atoms with Gasteiger partial charge in [-0.15, -0.1) is 0 Å². The number of nitrogens with zero attached hydrogens (tertiary/aromatic N) is 1. The van der Waals surface area contributed by atoms with E-state index in [2.05, 4.69) is 15.8 Å². The van der Waals surface area contributed by atoms with Gasteiger partial charge in [0.05, 0.1) is 6.21 Å². The summed E-state index contributed by atoms with van der Waals surface area (Å²) < 4.78 is 0. The number of carbonyl (C=O) groups excluding carboxylic acids is 2. The number of amides is 2. The SMILES string of the molecule is CNC(=O)C(=O)N/N=C\c1ccc(Cl)cc1. The van der Waals surface area contributed by atoms with Crippen LogP contribution in [-0.2, 0) is 9.59 Å². The average molecular weight is 240 g/mol. The molecule has 0 unspecified atom stereocenters. The molecule has 0 saturated carbocycles. The first kappa shape index (κ1) is 12.2. The molecule has 5 nitrogen and oxygen atoms in total. The molecule has 0 radical (unpaired) electrons. The monoisotopic (exact) mass is 239 g/mol. The molecule has 1 aromatic rings. The highest BCUT2D eigenvalue weighted by molar-refractivity contribution is 6.35. The minimum atomic E-state index is -0.812. The van der Waals surface area contributed by atoms with Crippen molar-refractivity contribution in [3.63, 3.8) is 0 Å². The Hall–Kier alpha value is -1.88. The van der Waals surface area contributed by atoms with Crippen molar-refractivity contribution in [2.24, 2.45) is 5.10 Å². The maximum Gasteiger partial charge on any atom is 0.329 e. The van der Waals surface area contributed by atoms with Gasteiger partial charge in [-0.2, -0.15) is 5.10 Å². The highest BCUT2D eigenvalue weighted by atomic mass is 35.5. The van der Waals surface area contributed by atoms with Crippen LogP contribution in [0, 0.1) is 0 Å². The number of nitrogens with one attached hydrogen (secondary N) is 2. The summed E-state index contributed by atoms with van der Waals surface area (Å²) >= 11 is 5.69. The van der Waals surface area contributed by atoms with Crippen LogP contribution in [0.4, 0.5) is 0 Å². The third kappa shape index (κ3) is 3.70. The molecule has 0 spiro atoms. The van der Waals surface area contributed by atoms with Crippen LogP contribution in [0.25, 0.3) is 0 Å². The van der Waals surface area contributed by atoms with Gasteiger partial charge in [-0.25, -0.2) is 5.43 Å². The molecule has 0 aliphatic carbocycles. The lowest BCUT2D eigenvalue weighted by molar-refractivity contribution is -0.138. The van der Waals surface area contributed by atoms with E-state index < -0.39 is 11.8 Å². The zero-order valence-electron chi connectivity index (χ0n) is 8.53. The lowest BCUT2D eigenvalue weighted by Crippen LogP contribution is -2.35. The van der Waals surface area contributed by atoms with E-state index in [1.807, 2.05) is 0 Å². The van der Waals surface area contributed by atoms with Crippen LogP contribution in [0.1, 0.15) is 5.56 Å². The molecule has 0 aliphatic heterocycles. The molecule has 6 heteroatoms. The van der Waals surface area contributed by atoms with Gasteiger partial charge in [0.2, 0.25) is 0 Å². The van der Waals surface area contributed by atoms with E-state index in [4.69, 9.17) is 11.6 Å². The van der Waals surface area contributed by atoms with E-state index in [-0.39, 0.29) is 0 Å². The van der Waals surface area contributed by atoms with Gasteiger partial charge >= 0.3 is 11.8 Å². The largest absolute Gasteiger partial charge is 0.351 e. The lowest BCUT2D eigenvalue weighted by Gasteiger charge is -1.97. The number of carbonyl (C=O) groups is 2. The number of hydrogen-bond donors (Lipinski definition) is 2. The van der Waals surface area contributed by atoms with Crippen molar-refractivity contribution in [1.82, 2.24) is 10.7 Å². The lowest BCUT2D eigenvalue weighted by atomic mass is 10.2. The van der Waals surface area contributed by atoms with Crippen LogP contribution in [0.15, 0.2) is 29.4 Å². The second kappa shape index (κ2) is 5.87. The van der Waals surface area contributed by atoms with Crippen molar-refractivity contribution in [2.45, 2.75) is 0 Å². The Morgan fingerprint density at radius 1 is 1.25 bits per heavy atom. The highest BCUT2D eigenvalue weighted by Crippen LogP contribution is 2.07. The van der Waals surface area contributed by atoms with Crippen LogP contribution >= 0.6 is 11.6 Å². The molecule has 1 rings (SSSR count). The molecule has 16 heavy (non-hydrogen) atoms. The van der Waals surface area contributed by atoms with Crippen molar-refractivity contribution in [3.8, 4) is 0 Å². The zero-order valence-corrected chi connectivity index (χ0v) is 9.28. The highest BCUT2D eigenvalue weighted by Gasteiger charge is 2.08. The molecule has 0 bridgehead atoms. The number of rotatable bonds is 2. The zero-order chi connectivity index (χ0) is 12.0. The number of halogens is 1. The fourth-order valence-electron chi connectivity index (χ4n) is 0.879. The quantitative estimate of drug-likeness (QED) is 0.449. The third-order valence-corrected chi connectivity index (χ3v) is 1.93. The van der Waals surface area contributed by atoms with E-state index in [0.29, 0.717) is 5.02 Å². The summed E-state index contributed by atoms with van der Waals surface area (Å²) in [6, 6.07) is 6.86. The van der Waals surface area contributed by atoms with Gasteiger partial charge in [0, 0.05) is 12.1 Å². The Morgan fingerprint density at radius 3 is 2.44 bits per heavy atom. The molecule has 0 atom stereocenters. The van der Waals surface area contributed by atoms with Crippen molar-refractivity contribution in [3.05, 3.63) is 34.9 Å². The summed E-state index contributed by atoms with van der Waals surface area (Å²) in [6.07, 6.45) is 1.41. The number of hydrazone groups is 1. The molecule has 0 heterocycles. The summed E-state index contributed by atoms with van der Waals surface area (Å²) in [7, 11) is 1.37. The smallest absolute Gasteiger partial charge is 0.329 e. The maximum absolute atomic E-state index is 11.0. The van der Waals surface area contributed by atoms with Gasteiger partial charge in [-0.1, -0.05) is 23.7 Å². The number of hydrogen-bond acceptors (Lipinski definition) is 3. The van der Waals surface area contributed by atoms with Gasteiger partial charge in [0.25, 0.3) is 0 Å². The van der Waals surface area contributed by atoms with E-state index in [1.54, 1.807) is 24.3 Å². The van der Waals surface area contributed by atoms with Crippen molar-refractivity contribution in [1.29, 1.82) is 0 Å². The topological polar surface area (TPSA) is 70.6 Å². The summed E-state index contributed by atoms with van der Waals surface area (Å²) in [5.41, 5.74) is 2.85. The van der Waals surface area contributed by atoms with Crippen LogP contribution in [0.3, 0.4) is 0 Å². The number of benzene rings is 1. The van der Waals surface area contributed by atoms with Gasteiger partial charge in [-0.05, 0) is 17.7 Å². The van der Waals surface area contributed by atoms with E-state index in [0.717, 1.165) is 5.56 Å². The van der Waals surface area contributed by atoms with Crippen LogP contribution < -0.4 is 10.7 Å². The Balaban J connectivity index is 2.52. The maximum atomic E-state index is 11.0. The molecule has 0 saturated heterocycles. The minimum absolute atomic E-state index is 0.617. The molecule has 2 N–H and O–H groups in total. The summed E-state index contributed by atoms with van der Waals surface area (Å²) in [5, 5.41) is 6.41. The second-order valence-corrected chi connectivity index (χ2v) is 3.27. The van der Waals surface area contributed by atoms with Crippen molar-refractivity contribution < 1.29 is 9.59 Å². The van der Waals surface area contributed by atoms with Gasteiger partial charge < -0.3 is 5.32 Å². The third-order valence-electron chi connectivity index (χ3n) is 1.68. The molecule has 0 fully saturated rings. The molecule has 0 aromatic heterocycles. The fourth-order valence-corrected chi connectivity index (χ4v) is 1.00. The summed E-state index contributed by atoms with van der Waals surface area (Å²) in [4.78, 5) is 21.7. The normalized spacial score (nSPS) is 10.1. The fraction of sp³-hybridized carbons (Fsp3) is 0.100. The van der Waals surface area contributed by atoms with Gasteiger partial charge in [-0.3, -0.25) is 9.59 Å². The predicted octanol–water partition coefficient (Wildman–Crippen LogP) is 0.536. The Morgan fingerprint density at radius 2 is 1.88 bits per heavy atom. The second-order valence-electron chi connectivity index (χ2n) is 2.83. The summed E-state index contributed by atoms with van der Waals surface area (Å²) in [6.45, 7) is 0. The van der Waals surface area contributed by atoms with Crippen molar-refractivity contribution >= 4 is 29.6 Å². The summed E-state index contributed by atoms with van der Waals surface area (Å²) in [5.74, 6) is -1.55. The molecule has 1 aromatic carbocycles. The molecule has 84 valence electrons. The molecule has 2 amide bonds. The van der Waals surface area contributed by atoms with Gasteiger partial charge in [0.1, 0.15) is 0 Å². The molecular weight excluding hydrogens is 230 g/mol. The first-order valence-corrected chi connectivity index (χ1v) is 4.82. The first-order valence-electron chi connectivity index (χ1n) is 4.44. The average Bonchev–Trinajstić information content (AvgIpc) is 2.30. The van der Waals surface area contributed by atoms with E-state index in [1.165, 1.54) is 13.3 Å². The van der Waals surface area contributed by atoms with Crippen LogP contribution in [0.2, 0.25) is 5.02 Å². The minimum Gasteiger partial charge on any atom is -0.351 e. The van der Waals surface area contributed by atoms with Gasteiger partial charge in [0.15, 0.2) is 0 Å². The van der Waals surface area contributed by atoms with Crippen LogP contribution in [-0.4, -0.2) is 25.1 Å². The molecule has 0 aliphatic rings. The Kier molecular flexibility index (Phi) is 4.47. The Labute approximate surface area is 97.5 Å². The predicted molar refractivity (Wildman–Crippen MR) is 61.3 cm³/mol. The standard InChI is InChI=1S/C10H10ClN3O2/c1-12-9(15)10(16)14-13-6-7-2-4-8(11)5-3-7/h2-6H,1H3,(H,12,15)(H,14,16)/b13-6-. The Bertz CT molecular complexity index is 415.